The fourth-order valence-electron chi connectivity index (χ4n) is 17.1. The average molecular weight is 1780 g/mol. The number of nitrogens with zero attached hydrogens (tertiary/aromatic N) is 11. The number of methoxy groups -OCH3 is 3. The third-order valence-corrected chi connectivity index (χ3v) is 23.8. The quantitative estimate of drug-likeness (QED) is 0.0480. The lowest BCUT2D eigenvalue weighted by Gasteiger charge is -2.29. The number of nitrogens with one attached hydrogen (secondary N) is 10. The number of benzene rings is 10. The highest BCUT2D eigenvalue weighted by Crippen LogP contribution is 2.53. The molecule has 11 heterocycles. The Bertz CT molecular complexity index is 7230. The van der Waals surface area contributed by atoms with E-state index in [1.54, 1.807) is 46.0 Å². The molecule has 5 aromatic heterocycles. The summed E-state index contributed by atoms with van der Waals surface area (Å²) in [6.07, 6.45) is 10.6. The molecule has 0 spiro atoms. The van der Waals surface area contributed by atoms with Crippen molar-refractivity contribution in [2.45, 2.75) is 42.4 Å². The lowest BCUT2D eigenvalue weighted by atomic mass is 9.83. The van der Waals surface area contributed by atoms with Crippen LogP contribution in [0.25, 0.3) is 52.7 Å². The Kier molecular flexibility index (Phi) is 24.9. The average Bonchev–Trinajstić information content (AvgIpc) is 0.825. The summed E-state index contributed by atoms with van der Waals surface area (Å²) >= 11 is 3.55. The van der Waals surface area contributed by atoms with Gasteiger partial charge in [0.15, 0.2) is 11.6 Å². The summed E-state index contributed by atoms with van der Waals surface area (Å²) in [7, 11) is 4.91. The first-order chi connectivity index (χ1) is 63.9. The number of aromatic amines is 5. The van der Waals surface area contributed by atoms with Gasteiger partial charge in [0.05, 0.1) is 133 Å². The van der Waals surface area contributed by atoms with Crippen molar-refractivity contribution in [2.75, 3.05) is 54.5 Å². The highest BCUT2D eigenvalue weighted by Gasteiger charge is 2.41. The Morgan fingerprint density at radius 2 is 0.677 bits per heavy atom. The first kappa shape index (κ1) is 84.6. The Labute approximate surface area is 754 Å². The largest absolute Gasteiger partial charge is 0.496 e. The number of H-pyrrole nitrogens is 5. The summed E-state index contributed by atoms with van der Waals surface area (Å²) in [5.74, 6) is 3.16. The minimum absolute atomic E-state index is 0.114. The number of hydrogen-bond donors (Lipinski definition) is 10. The first-order valence-corrected chi connectivity index (χ1v) is 41.8. The molecule has 0 fully saturated rings. The van der Waals surface area contributed by atoms with E-state index in [-0.39, 0.29) is 29.2 Å². The third-order valence-electron chi connectivity index (χ3n) is 23.0. The molecule has 0 bridgehead atoms. The molecular formula is C102H76BrF2N21O4. The number of allylic oxidation sites excluding steroid dienone is 5. The number of fused-ring (bicyclic) bond motifs is 6. The van der Waals surface area contributed by atoms with Gasteiger partial charge in [0.1, 0.15) is 58.2 Å². The molecule has 634 valence electrons. The number of ether oxygens (including phenoxy) is 4. The van der Waals surface area contributed by atoms with E-state index in [1.807, 2.05) is 212 Å². The molecule has 5 atom stereocenters. The first-order valence-electron chi connectivity index (χ1n) is 41.0. The summed E-state index contributed by atoms with van der Waals surface area (Å²) in [5, 5.41) is 61.5. The van der Waals surface area contributed by atoms with Crippen LogP contribution in [0, 0.1) is 55.8 Å². The fraction of sp³-hybridized carbons (Fsp3) is 0.108. The van der Waals surface area contributed by atoms with Gasteiger partial charge in [-0.25, -0.2) is 33.0 Å². The molecule has 28 heteroatoms. The molecule has 0 aliphatic carbocycles. The van der Waals surface area contributed by atoms with Crippen LogP contribution in [0.3, 0.4) is 0 Å². The molecule has 25 nitrogen and oxygen atoms in total. The van der Waals surface area contributed by atoms with Gasteiger partial charge >= 0.3 is 0 Å². The number of rotatable bonds is 13. The van der Waals surface area contributed by atoms with E-state index in [1.165, 1.54) is 23.9 Å². The highest BCUT2D eigenvalue weighted by molar-refractivity contribution is 9.10. The molecular weight excluding hydrogens is 1700 g/mol. The molecule has 21 rings (SSSR count). The van der Waals surface area contributed by atoms with E-state index >= 15 is 0 Å². The van der Waals surface area contributed by atoms with E-state index in [0.29, 0.717) is 67.0 Å². The lowest BCUT2D eigenvalue weighted by Crippen LogP contribution is -2.18. The van der Waals surface area contributed by atoms with Gasteiger partial charge in [-0.1, -0.05) is 218 Å². The molecule has 15 aromatic rings. The normalized spacial score (nSPS) is 16.2. The van der Waals surface area contributed by atoms with E-state index in [0.717, 1.165) is 155 Å². The Morgan fingerprint density at radius 3 is 1.08 bits per heavy atom. The van der Waals surface area contributed by atoms with Crippen molar-refractivity contribution in [3.05, 3.63) is 476 Å². The lowest BCUT2D eigenvalue weighted by molar-refractivity contribution is 0.285. The number of aromatic nitrogens is 10. The Balaban J connectivity index is 0.000000114. The van der Waals surface area contributed by atoms with Crippen molar-refractivity contribution in [3.8, 4) is 29.1 Å². The molecule has 0 amide bonds. The Hall–Kier alpha value is -17.6. The van der Waals surface area contributed by atoms with Gasteiger partial charge in [-0.3, -0.25) is 25.5 Å². The van der Waals surface area contributed by atoms with E-state index in [4.69, 9.17) is 51.8 Å². The van der Waals surface area contributed by atoms with Crippen molar-refractivity contribution >= 4 is 73.5 Å². The van der Waals surface area contributed by atoms with Crippen LogP contribution in [0.4, 0.5) is 37.9 Å². The third kappa shape index (κ3) is 16.3. The van der Waals surface area contributed by atoms with Crippen LogP contribution in [0.5, 0.6) is 23.0 Å². The summed E-state index contributed by atoms with van der Waals surface area (Å²) in [5.41, 5.74) is 20.8. The zero-order valence-corrected chi connectivity index (χ0v) is 71.3. The van der Waals surface area contributed by atoms with Crippen molar-refractivity contribution in [2.24, 2.45) is 0 Å². The molecule has 6 aliphatic heterocycles. The zero-order chi connectivity index (χ0) is 89.7. The maximum absolute atomic E-state index is 14.5. The monoisotopic (exact) mass is 1780 g/mol. The zero-order valence-electron chi connectivity index (χ0n) is 69.8. The highest BCUT2D eigenvalue weighted by atomic mass is 79.9. The van der Waals surface area contributed by atoms with Gasteiger partial charge in [0, 0.05) is 60.6 Å². The second-order valence-electron chi connectivity index (χ2n) is 30.1. The second-order valence-corrected chi connectivity index (χ2v) is 30.8. The Morgan fingerprint density at radius 1 is 0.362 bits per heavy atom. The van der Waals surface area contributed by atoms with Crippen LogP contribution in [0.15, 0.2) is 313 Å². The van der Waals surface area contributed by atoms with E-state index < -0.39 is 17.6 Å². The summed E-state index contributed by atoms with van der Waals surface area (Å²) in [4.78, 5) is 19.3. The molecule has 5 unspecified atom stereocenters. The van der Waals surface area contributed by atoms with Gasteiger partial charge in [-0.15, -0.1) is 0 Å². The SMILES string of the molecule is [C-]#[N+]C1=C(c2ccccc2)Nc2[nH]ncc2C1c1cccc(C#N)c1Br.[C-]#[N+]C1=C(c2ccccc2)Nc2[nH]ncc2C1c1cccc(F)c1F.[C-]#[N+]C1=C(c2ccccc2)Nc2[nH]ncc2C1c1cccc2c1OCCC2.[C-]#[N+]C1=C(c2ccccc2)Nc2[nH]ncc2C1c1ccccc1OC.[C-]#[N+]C1=C(c2ccccc2OC)Nc2[nH]ncc2C1c1ccccc1OC. The maximum atomic E-state index is 14.5. The number of anilines is 5. The molecule has 0 saturated heterocycles. The van der Waals surface area contributed by atoms with Crippen LogP contribution < -0.4 is 45.5 Å². The number of aryl methyl sites for hydroxylation is 1. The standard InChI is InChI=1S/C22H18N4O.C21H18N4O2.C20H12BrN5.C20H16N4O.C19H12F2N4/c1-23-20-18(16-11-5-9-15-10-6-12-27-21(15)16)17-13-24-26-22(17)25-19(20)14-7-3-2-4-8-14;1-22-20-18(13-8-4-6-10-16(13)26-2)15-12-23-25-21(15)24-19(20)14-9-5-7-11-17(14)27-3;1-23-19-16(14-9-5-8-13(10-22)17(14)21)15-11-24-26-20(15)25-18(19)12-6-3-2-4-7-12;1-21-19-17(14-10-6-7-11-16(14)25-2)15-12-22-24-20(15)23-18(19)13-8-4-3-5-9-13;1-22-18-15(12-8-5-9-14(20)16(12)21)13-10-23-25-19(13)24-17(18)11-6-3-2-4-7-11/h2-5,7-9,11,13,18H,6,10,12H2,(H2,24,25,26);4-12,18H,2-3H3,(H2,23,24,25);2-9,11,16H,(H2,24,25,26);3-12,17H,2H3,(H2,22,23,24);2-10,15H,(H2,23,24,25). The van der Waals surface area contributed by atoms with Gasteiger partial charge in [-0.05, 0) is 115 Å². The predicted octanol–water partition coefficient (Wildman–Crippen LogP) is 22.5. The van der Waals surface area contributed by atoms with Gasteiger partial charge < -0.3 is 45.5 Å². The van der Waals surface area contributed by atoms with Crippen LogP contribution in [0.1, 0.15) is 131 Å². The van der Waals surface area contributed by atoms with Crippen molar-refractivity contribution in [1.82, 2.24) is 51.0 Å². The van der Waals surface area contributed by atoms with E-state index in [2.05, 4.69) is 142 Å². The van der Waals surface area contributed by atoms with Crippen LogP contribution in [-0.2, 0) is 6.42 Å². The number of halogens is 3. The van der Waals surface area contributed by atoms with Crippen molar-refractivity contribution in [3.63, 3.8) is 0 Å². The smallest absolute Gasteiger partial charge is 0.200 e. The van der Waals surface area contributed by atoms with Crippen molar-refractivity contribution < 1.29 is 27.7 Å². The molecule has 0 saturated carbocycles. The molecule has 0 radical (unpaired) electrons. The van der Waals surface area contributed by atoms with E-state index in [9.17, 15) is 14.0 Å². The fourth-order valence-corrected chi connectivity index (χ4v) is 17.6. The van der Waals surface area contributed by atoms with Crippen LogP contribution in [0.2, 0.25) is 0 Å². The predicted molar refractivity (Wildman–Crippen MR) is 498 cm³/mol. The second kappa shape index (κ2) is 38.3. The van der Waals surface area contributed by atoms with Gasteiger partial charge in [0.2, 0.25) is 28.5 Å². The number of para-hydroxylation sites is 4. The summed E-state index contributed by atoms with van der Waals surface area (Å²) in [6, 6.07) is 80.1. The molecule has 10 aromatic carbocycles. The van der Waals surface area contributed by atoms with Crippen molar-refractivity contribution in [1.29, 1.82) is 5.26 Å². The van der Waals surface area contributed by atoms with Gasteiger partial charge in [0.25, 0.3) is 0 Å². The molecule has 6 aliphatic rings. The minimum atomic E-state index is -0.949. The summed E-state index contributed by atoms with van der Waals surface area (Å²) < 4.78 is 51.6. The topological polar surface area (TPSA) is 286 Å². The minimum Gasteiger partial charge on any atom is -0.496 e. The van der Waals surface area contributed by atoms with Crippen LogP contribution in [-0.4, -0.2) is 78.9 Å². The summed E-state index contributed by atoms with van der Waals surface area (Å²) in [6.45, 7) is 39.9. The van der Waals surface area contributed by atoms with Gasteiger partial charge in [-0.2, -0.15) is 30.8 Å². The number of hydrogen-bond acceptors (Lipinski definition) is 15. The molecule has 10 N–H and O–H groups in total. The van der Waals surface area contributed by atoms with Crippen LogP contribution >= 0.6 is 15.9 Å². The number of nitriles is 1. The molecule has 130 heavy (non-hydrogen) atoms. The maximum Gasteiger partial charge on any atom is 0.200 e.